The zero-order valence-electron chi connectivity index (χ0n) is 28.9. The van der Waals surface area contributed by atoms with Gasteiger partial charge >= 0.3 is 0 Å². The SMILES string of the molecule is CC(C)c1cccc(C(C)C)c1[N-]C(c1ccccc1)c1nc(-c2cccc3c2ccn3C)cs1.C[N-]C.C[N-]C.C[N-]C.[Hf]. The predicted octanol–water partition coefficient (Wildman–Crippen LogP) is 11.2. The van der Waals surface area contributed by atoms with Crippen molar-refractivity contribution in [3.05, 3.63) is 127 Å². The van der Waals surface area contributed by atoms with Crippen LogP contribution in [0.15, 0.2) is 84.4 Å². The topological polar surface area (TPSA) is 74.2 Å². The van der Waals surface area contributed by atoms with E-state index in [1.807, 2.05) is 0 Å². The Hall–Kier alpha value is -2.62. The largest absolute Gasteiger partial charge is 0.672 e. The standard InChI is InChI=1S/C31H32N3S.3C2H6N.Hf/c1-20(2)23-13-9-14-24(21(3)4)30(23)33-29(22-11-7-6-8-12-22)31-32-27(19-35-31)25-15-10-16-28-26(25)17-18-34(28)5;3*1-3-2;/h6-21,29H,1-5H3;3*1-2H3;/q4*-1;. The van der Waals surface area contributed by atoms with Crippen molar-refractivity contribution in [2.75, 3.05) is 42.3 Å². The molecule has 6 nitrogen and oxygen atoms in total. The first-order valence-electron chi connectivity index (χ1n) is 15.0. The molecule has 242 valence electrons. The maximum absolute atomic E-state index is 5.46. The molecule has 5 aromatic rings. The minimum absolute atomic E-state index is 0. The fourth-order valence-electron chi connectivity index (χ4n) is 4.76. The van der Waals surface area contributed by atoms with Gasteiger partial charge < -0.3 is 25.8 Å². The number of hydrogen-bond acceptors (Lipinski definition) is 2. The molecule has 45 heavy (non-hydrogen) atoms. The van der Waals surface area contributed by atoms with E-state index < -0.39 is 0 Å². The summed E-state index contributed by atoms with van der Waals surface area (Å²) in [6.07, 6.45) is 2.11. The Morgan fingerprint density at radius 1 is 0.689 bits per heavy atom. The van der Waals surface area contributed by atoms with Gasteiger partial charge in [0.1, 0.15) is 0 Å². The zero-order chi connectivity index (χ0) is 32.6. The normalized spacial score (nSPS) is 11.0. The molecule has 0 saturated heterocycles. The first kappa shape index (κ1) is 40.4. The second kappa shape index (κ2) is 21.2. The summed E-state index contributed by atoms with van der Waals surface area (Å²) in [5, 5.41) is 20.4. The van der Waals surface area contributed by atoms with Gasteiger partial charge in [0, 0.05) is 60.9 Å². The maximum Gasteiger partial charge on any atom is 0.0831 e. The molecule has 5 rings (SSSR count). The molecule has 0 radical (unpaired) electrons. The zero-order valence-corrected chi connectivity index (χ0v) is 33.3. The van der Waals surface area contributed by atoms with Crippen LogP contribution in [0.5, 0.6) is 0 Å². The Labute approximate surface area is 295 Å². The third-order valence-corrected chi connectivity index (χ3v) is 7.57. The van der Waals surface area contributed by atoms with Crippen LogP contribution in [0.3, 0.4) is 0 Å². The van der Waals surface area contributed by atoms with E-state index in [0.29, 0.717) is 11.8 Å². The molecule has 1 unspecified atom stereocenters. The predicted molar refractivity (Wildman–Crippen MR) is 196 cm³/mol. The summed E-state index contributed by atoms with van der Waals surface area (Å²) in [5.41, 5.74) is 8.27. The summed E-state index contributed by atoms with van der Waals surface area (Å²) in [4.78, 5) is 5.18. The van der Waals surface area contributed by atoms with E-state index in [1.165, 1.54) is 33.2 Å². The van der Waals surface area contributed by atoms with E-state index in [1.54, 1.807) is 53.6 Å². The van der Waals surface area contributed by atoms with Crippen LogP contribution in [0.25, 0.3) is 43.4 Å². The van der Waals surface area contributed by atoms with Gasteiger partial charge in [0.25, 0.3) is 0 Å². The van der Waals surface area contributed by atoms with Gasteiger partial charge in [0.2, 0.25) is 0 Å². The number of benzene rings is 3. The Morgan fingerprint density at radius 2 is 1.22 bits per heavy atom. The summed E-state index contributed by atoms with van der Waals surface area (Å²) in [6.45, 7) is 8.99. The molecule has 8 heteroatoms. The van der Waals surface area contributed by atoms with Crippen molar-refractivity contribution < 1.29 is 25.8 Å². The molecule has 2 aromatic heterocycles. The number of thiazole rings is 1. The molecule has 0 fully saturated rings. The third-order valence-electron chi connectivity index (χ3n) is 6.68. The van der Waals surface area contributed by atoms with Crippen LogP contribution in [0.2, 0.25) is 0 Å². The van der Waals surface area contributed by atoms with E-state index in [-0.39, 0.29) is 31.9 Å². The van der Waals surface area contributed by atoms with Crippen molar-refractivity contribution in [3.63, 3.8) is 0 Å². The van der Waals surface area contributed by atoms with Crippen molar-refractivity contribution in [1.82, 2.24) is 9.55 Å². The number of fused-ring (bicyclic) bond motifs is 1. The van der Waals surface area contributed by atoms with Crippen LogP contribution < -0.4 is 0 Å². The van der Waals surface area contributed by atoms with E-state index in [2.05, 4.69) is 140 Å². The van der Waals surface area contributed by atoms with Crippen LogP contribution in [0, 0.1) is 0 Å². The van der Waals surface area contributed by atoms with Crippen molar-refractivity contribution in [1.29, 1.82) is 0 Å². The van der Waals surface area contributed by atoms with Gasteiger partial charge in [-0.25, -0.2) is 4.98 Å². The van der Waals surface area contributed by atoms with E-state index in [0.717, 1.165) is 16.4 Å². The van der Waals surface area contributed by atoms with Gasteiger partial charge in [0.15, 0.2) is 0 Å². The monoisotopic (exact) mass is 790 g/mol. The number of nitrogens with zero attached hydrogens (tertiary/aromatic N) is 6. The number of aryl methyl sites for hydroxylation is 1. The molecule has 0 N–H and O–H groups in total. The van der Waals surface area contributed by atoms with Gasteiger partial charge in [-0.1, -0.05) is 105 Å². The van der Waals surface area contributed by atoms with Gasteiger partial charge in [-0.05, 0) is 30.0 Å². The summed E-state index contributed by atoms with van der Waals surface area (Å²) in [5.74, 6) is 0.790. The molecule has 3 aromatic carbocycles. The molecule has 0 aliphatic carbocycles. The van der Waals surface area contributed by atoms with Crippen molar-refractivity contribution in [2.24, 2.45) is 7.05 Å². The van der Waals surface area contributed by atoms with Crippen molar-refractivity contribution >= 4 is 27.9 Å². The van der Waals surface area contributed by atoms with Crippen LogP contribution in [-0.4, -0.2) is 51.8 Å². The average Bonchev–Trinajstić information content (AvgIpc) is 3.64. The average molecular weight is 789 g/mol. The van der Waals surface area contributed by atoms with Crippen LogP contribution in [-0.2, 0) is 32.9 Å². The van der Waals surface area contributed by atoms with Gasteiger partial charge in [-0.15, -0.1) is 17.0 Å². The molecule has 0 saturated carbocycles. The molecular formula is C37H50HfN6S-4. The van der Waals surface area contributed by atoms with Crippen LogP contribution in [0.4, 0.5) is 5.69 Å². The van der Waals surface area contributed by atoms with Crippen molar-refractivity contribution in [2.45, 2.75) is 45.6 Å². The Bertz CT molecular complexity index is 1480. The second-order valence-corrected chi connectivity index (χ2v) is 12.0. The molecule has 2 heterocycles. The molecule has 0 amide bonds. The molecular weight excluding hydrogens is 739 g/mol. The molecule has 0 bridgehead atoms. The minimum atomic E-state index is -0.151. The summed E-state index contributed by atoms with van der Waals surface area (Å²) >= 11 is 1.70. The fraction of sp³-hybridized carbons (Fsp3) is 0.378. The minimum Gasteiger partial charge on any atom is -0.672 e. The summed E-state index contributed by atoms with van der Waals surface area (Å²) < 4.78 is 2.16. The van der Waals surface area contributed by atoms with Crippen LogP contribution in [0.1, 0.15) is 67.3 Å². The Balaban J connectivity index is 0.000000910. The maximum atomic E-state index is 5.46. The molecule has 1 atom stereocenters. The van der Waals surface area contributed by atoms with E-state index >= 15 is 0 Å². The van der Waals surface area contributed by atoms with Gasteiger partial charge in [-0.2, -0.15) is 42.3 Å². The van der Waals surface area contributed by atoms with Crippen molar-refractivity contribution in [3.8, 4) is 11.3 Å². The second-order valence-electron chi connectivity index (χ2n) is 11.1. The smallest absolute Gasteiger partial charge is 0.0831 e. The molecule has 0 spiro atoms. The first-order chi connectivity index (χ1) is 21.2. The van der Waals surface area contributed by atoms with Gasteiger partial charge in [0.05, 0.1) is 10.7 Å². The van der Waals surface area contributed by atoms with E-state index in [9.17, 15) is 0 Å². The summed E-state index contributed by atoms with van der Waals surface area (Å²) in [6, 6.07) is 25.7. The Morgan fingerprint density at radius 3 is 1.76 bits per heavy atom. The quantitative estimate of drug-likeness (QED) is 0.151. The third kappa shape index (κ3) is 11.3. The fourth-order valence-corrected chi connectivity index (χ4v) is 5.64. The number of aromatic nitrogens is 2. The summed E-state index contributed by atoms with van der Waals surface area (Å²) in [7, 11) is 12.6. The van der Waals surface area contributed by atoms with E-state index in [4.69, 9.17) is 10.3 Å². The number of para-hydroxylation sites is 1. The Kier molecular flexibility index (Phi) is 19.1. The number of hydrogen-bond donors (Lipinski definition) is 0. The first-order valence-corrected chi connectivity index (χ1v) is 15.9. The molecule has 0 aliphatic rings. The number of rotatable bonds is 7. The van der Waals surface area contributed by atoms with Gasteiger partial charge in [-0.3, -0.25) is 0 Å². The molecule has 0 aliphatic heterocycles. The van der Waals surface area contributed by atoms with Crippen LogP contribution >= 0.6 is 11.3 Å².